The van der Waals surface area contributed by atoms with Crippen molar-refractivity contribution in [2.45, 2.75) is 32.1 Å². The van der Waals surface area contributed by atoms with Crippen LogP contribution in [0.5, 0.6) is 0 Å². The minimum Gasteiger partial charge on any atom is -0.478 e. The molecule has 0 saturated carbocycles. The van der Waals surface area contributed by atoms with Crippen molar-refractivity contribution in [3.63, 3.8) is 0 Å². The van der Waals surface area contributed by atoms with Crippen LogP contribution < -0.4 is 0 Å². The first-order valence-corrected chi connectivity index (χ1v) is 8.53. The largest absolute Gasteiger partial charge is 0.478 e. The van der Waals surface area contributed by atoms with Crippen LogP contribution in [-0.2, 0) is 5.41 Å². The van der Waals surface area contributed by atoms with Gasteiger partial charge in [-0.05, 0) is 58.7 Å². The van der Waals surface area contributed by atoms with Gasteiger partial charge in [0.1, 0.15) is 0 Å². The van der Waals surface area contributed by atoms with Gasteiger partial charge in [-0.15, -0.1) is 0 Å². The molecular formula is C22H23NO2. The molecule has 0 radical (unpaired) electrons. The van der Waals surface area contributed by atoms with Crippen molar-refractivity contribution in [1.29, 1.82) is 0 Å². The number of carboxylic acids is 1. The zero-order valence-electron chi connectivity index (χ0n) is 14.9. The molecule has 2 aromatic rings. The summed E-state index contributed by atoms with van der Waals surface area (Å²) in [5, 5.41) is 8.96. The fourth-order valence-corrected chi connectivity index (χ4v) is 3.36. The summed E-state index contributed by atoms with van der Waals surface area (Å²) in [6.45, 7) is 4.58. The van der Waals surface area contributed by atoms with Gasteiger partial charge < -0.3 is 5.11 Å². The van der Waals surface area contributed by atoms with Crippen molar-refractivity contribution in [3.05, 3.63) is 70.3 Å². The lowest BCUT2D eigenvalue weighted by Crippen LogP contribution is -2.27. The molecule has 0 aromatic heterocycles. The highest BCUT2D eigenvalue weighted by atomic mass is 16.4. The number of nitrogens with zero attached hydrogens (tertiary/aromatic N) is 1. The second-order valence-electron chi connectivity index (χ2n) is 7.12. The Balaban J connectivity index is 1.90. The summed E-state index contributed by atoms with van der Waals surface area (Å²) < 4.78 is 0. The van der Waals surface area contributed by atoms with E-state index in [0.717, 1.165) is 24.0 Å². The standard InChI is InChI=1S/C22H23NO2/c1-22(2)13-12-20(23-3)18-14-16(8-11-19(18)22)5-4-15-6-9-17(10-7-15)21(24)25/h4-11,14H,12-13H2,1-3H3,(H,24,25)/b5-4+,23-20?. The Labute approximate surface area is 148 Å². The van der Waals surface area contributed by atoms with E-state index >= 15 is 0 Å². The summed E-state index contributed by atoms with van der Waals surface area (Å²) in [5.41, 5.74) is 6.38. The summed E-state index contributed by atoms with van der Waals surface area (Å²) in [6, 6.07) is 13.5. The van der Waals surface area contributed by atoms with Crippen LogP contribution in [0.3, 0.4) is 0 Å². The highest BCUT2D eigenvalue weighted by Gasteiger charge is 2.30. The average Bonchev–Trinajstić information content (AvgIpc) is 2.60. The van der Waals surface area contributed by atoms with E-state index in [-0.39, 0.29) is 5.41 Å². The lowest BCUT2D eigenvalue weighted by Gasteiger charge is -2.33. The fraction of sp³-hybridized carbons (Fsp3) is 0.273. The van der Waals surface area contributed by atoms with Gasteiger partial charge in [0.2, 0.25) is 0 Å². The molecule has 0 unspecified atom stereocenters. The van der Waals surface area contributed by atoms with Gasteiger partial charge in [-0.1, -0.05) is 50.3 Å². The third-order valence-electron chi connectivity index (χ3n) is 4.97. The molecule has 0 saturated heterocycles. The molecule has 1 aliphatic rings. The first kappa shape index (κ1) is 17.2. The van der Waals surface area contributed by atoms with Crippen LogP contribution in [-0.4, -0.2) is 23.8 Å². The smallest absolute Gasteiger partial charge is 0.335 e. The molecule has 0 amide bonds. The van der Waals surface area contributed by atoms with Crippen LogP contribution in [0.15, 0.2) is 47.5 Å². The Morgan fingerprint density at radius 1 is 1.08 bits per heavy atom. The summed E-state index contributed by atoms with van der Waals surface area (Å²) in [6.07, 6.45) is 6.20. The third kappa shape index (κ3) is 3.55. The Morgan fingerprint density at radius 2 is 1.72 bits per heavy atom. The van der Waals surface area contributed by atoms with Gasteiger partial charge in [0.15, 0.2) is 0 Å². The number of benzene rings is 2. The van der Waals surface area contributed by atoms with Crippen molar-refractivity contribution in [3.8, 4) is 0 Å². The molecule has 0 heterocycles. The number of carbonyl (C=O) groups is 1. The number of hydrogen-bond donors (Lipinski definition) is 1. The van der Waals surface area contributed by atoms with Crippen LogP contribution in [0.25, 0.3) is 12.2 Å². The van der Waals surface area contributed by atoms with Crippen molar-refractivity contribution in [2.24, 2.45) is 4.99 Å². The first-order valence-electron chi connectivity index (χ1n) is 8.53. The normalized spacial score (nSPS) is 17.6. The maximum Gasteiger partial charge on any atom is 0.335 e. The molecule has 25 heavy (non-hydrogen) atoms. The summed E-state index contributed by atoms with van der Waals surface area (Å²) in [7, 11) is 1.87. The maximum absolute atomic E-state index is 10.9. The second-order valence-corrected chi connectivity index (χ2v) is 7.12. The number of aliphatic imine (C=N–C) groups is 1. The first-order chi connectivity index (χ1) is 11.9. The predicted molar refractivity (Wildman–Crippen MR) is 103 cm³/mol. The van der Waals surface area contributed by atoms with Gasteiger partial charge in [-0.3, -0.25) is 4.99 Å². The lowest BCUT2D eigenvalue weighted by atomic mass is 9.71. The topological polar surface area (TPSA) is 49.7 Å². The minimum atomic E-state index is -0.904. The van der Waals surface area contributed by atoms with Gasteiger partial charge in [-0.25, -0.2) is 4.79 Å². The number of rotatable bonds is 3. The molecular weight excluding hydrogens is 310 g/mol. The van der Waals surface area contributed by atoms with E-state index in [1.165, 1.54) is 16.8 Å². The van der Waals surface area contributed by atoms with Gasteiger partial charge in [0, 0.05) is 12.8 Å². The van der Waals surface area contributed by atoms with Crippen LogP contribution in [0.1, 0.15) is 59.3 Å². The quantitative estimate of drug-likeness (QED) is 0.799. The van der Waals surface area contributed by atoms with Crippen molar-refractivity contribution < 1.29 is 9.90 Å². The van der Waals surface area contributed by atoms with E-state index < -0.39 is 5.97 Å². The molecule has 1 N–H and O–H groups in total. The van der Waals surface area contributed by atoms with Crippen molar-refractivity contribution in [1.82, 2.24) is 0 Å². The van der Waals surface area contributed by atoms with E-state index in [1.807, 2.05) is 25.3 Å². The Kier molecular flexibility index (Phi) is 4.58. The third-order valence-corrected chi connectivity index (χ3v) is 4.97. The number of aromatic carboxylic acids is 1. The van der Waals surface area contributed by atoms with Gasteiger partial charge in [0.25, 0.3) is 0 Å². The molecule has 128 valence electrons. The summed E-state index contributed by atoms with van der Waals surface area (Å²) >= 11 is 0. The zero-order chi connectivity index (χ0) is 18.0. The molecule has 0 atom stereocenters. The Hall–Kier alpha value is -2.68. The monoisotopic (exact) mass is 333 g/mol. The van der Waals surface area contributed by atoms with Gasteiger partial charge >= 0.3 is 5.97 Å². The highest BCUT2D eigenvalue weighted by Crippen LogP contribution is 2.37. The Morgan fingerprint density at radius 3 is 2.36 bits per heavy atom. The highest BCUT2D eigenvalue weighted by molar-refractivity contribution is 6.03. The second kappa shape index (κ2) is 6.67. The molecule has 1 aliphatic carbocycles. The SMILES string of the molecule is CN=C1CCC(C)(C)c2ccc(/C=C/c3ccc(C(=O)O)cc3)cc21. The summed E-state index contributed by atoms with van der Waals surface area (Å²) in [5.74, 6) is -0.904. The molecule has 0 aliphatic heterocycles. The van der Waals surface area contributed by atoms with E-state index in [9.17, 15) is 4.79 Å². The van der Waals surface area contributed by atoms with Gasteiger partial charge in [-0.2, -0.15) is 0 Å². The van der Waals surface area contributed by atoms with E-state index in [2.05, 4.69) is 43.1 Å². The molecule has 0 fully saturated rings. The van der Waals surface area contributed by atoms with Crippen LogP contribution in [0.4, 0.5) is 0 Å². The van der Waals surface area contributed by atoms with E-state index in [4.69, 9.17) is 5.11 Å². The summed E-state index contributed by atoms with van der Waals surface area (Å²) in [4.78, 5) is 15.4. The number of carboxylic acid groups (broad SMARTS) is 1. The maximum atomic E-state index is 10.9. The Bertz CT molecular complexity index is 858. The van der Waals surface area contributed by atoms with Crippen LogP contribution in [0, 0.1) is 0 Å². The van der Waals surface area contributed by atoms with Crippen molar-refractivity contribution >= 4 is 23.8 Å². The predicted octanol–water partition coefficient (Wildman–Crippen LogP) is 5.05. The molecule has 2 aromatic carbocycles. The fourth-order valence-electron chi connectivity index (χ4n) is 3.36. The molecule has 0 spiro atoms. The molecule has 3 nitrogen and oxygen atoms in total. The van der Waals surface area contributed by atoms with Crippen LogP contribution in [0.2, 0.25) is 0 Å². The van der Waals surface area contributed by atoms with Gasteiger partial charge in [0.05, 0.1) is 5.56 Å². The number of fused-ring (bicyclic) bond motifs is 1. The number of hydrogen-bond acceptors (Lipinski definition) is 2. The minimum absolute atomic E-state index is 0.179. The molecule has 3 rings (SSSR count). The van der Waals surface area contributed by atoms with E-state index in [1.54, 1.807) is 12.1 Å². The van der Waals surface area contributed by atoms with Crippen LogP contribution >= 0.6 is 0 Å². The lowest BCUT2D eigenvalue weighted by molar-refractivity contribution is 0.0697. The molecule has 3 heteroatoms. The zero-order valence-corrected chi connectivity index (χ0v) is 14.9. The van der Waals surface area contributed by atoms with E-state index in [0.29, 0.717) is 5.56 Å². The van der Waals surface area contributed by atoms with Crippen molar-refractivity contribution in [2.75, 3.05) is 7.05 Å². The average molecular weight is 333 g/mol. The molecule has 0 bridgehead atoms.